The van der Waals surface area contributed by atoms with Crippen molar-refractivity contribution in [2.24, 2.45) is 0 Å². The Labute approximate surface area is 105 Å². The van der Waals surface area contributed by atoms with Gasteiger partial charge in [0.1, 0.15) is 0 Å². The summed E-state index contributed by atoms with van der Waals surface area (Å²) < 4.78 is 15.7. The third-order valence-corrected chi connectivity index (χ3v) is 2.73. The molecular formula is C13H27NO3. The Hall–Kier alpha value is -0.160. The molecule has 102 valence electrons. The van der Waals surface area contributed by atoms with E-state index in [-0.39, 0.29) is 0 Å². The normalized spacial score (nSPS) is 15.4. The summed E-state index contributed by atoms with van der Waals surface area (Å²) in [6.45, 7) is 4.96. The number of hydrogen-bond donors (Lipinski definition) is 1. The monoisotopic (exact) mass is 245 g/mol. The minimum Gasteiger partial charge on any atom is -0.382 e. The highest BCUT2D eigenvalue weighted by Crippen LogP contribution is 2.18. The van der Waals surface area contributed by atoms with Crippen molar-refractivity contribution in [3.05, 3.63) is 0 Å². The van der Waals surface area contributed by atoms with Crippen LogP contribution < -0.4 is 5.32 Å². The number of ether oxygens (including phenoxy) is 3. The summed E-state index contributed by atoms with van der Waals surface area (Å²) in [6, 6.07) is 0.833. The molecule has 1 saturated carbocycles. The topological polar surface area (TPSA) is 39.7 Å². The molecule has 0 atom stereocenters. The molecule has 0 aromatic heterocycles. The molecule has 1 N–H and O–H groups in total. The lowest BCUT2D eigenvalue weighted by molar-refractivity contribution is 0.0509. The van der Waals surface area contributed by atoms with Gasteiger partial charge in [-0.3, -0.25) is 0 Å². The van der Waals surface area contributed by atoms with Gasteiger partial charge < -0.3 is 19.5 Å². The Morgan fingerprint density at radius 1 is 0.882 bits per heavy atom. The number of unbranched alkanes of at least 4 members (excludes halogenated alkanes) is 1. The van der Waals surface area contributed by atoms with Gasteiger partial charge in [-0.1, -0.05) is 0 Å². The highest BCUT2D eigenvalue weighted by Gasteiger charge is 2.19. The van der Waals surface area contributed by atoms with Gasteiger partial charge in [0, 0.05) is 33.0 Å². The summed E-state index contributed by atoms with van der Waals surface area (Å²) in [6.07, 6.45) is 6.11. The zero-order valence-electron chi connectivity index (χ0n) is 11.1. The second-order valence-electron chi connectivity index (χ2n) is 4.51. The Morgan fingerprint density at radius 2 is 1.59 bits per heavy atom. The molecule has 4 nitrogen and oxygen atoms in total. The standard InChI is InChI=1S/C13H27NO3/c1-15-11-12-17-10-4-9-16-8-3-2-7-14-13-5-6-13/h13-14H,2-12H2,1H3. The highest BCUT2D eigenvalue weighted by molar-refractivity contribution is 4.80. The molecule has 17 heavy (non-hydrogen) atoms. The molecule has 0 radical (unpaired) electrons. The summed E-state index contributed by atoms with van der Waals surface area (Å²) in [4.78, 5) is 0. The van der Waals surface area contributed by atoms with Crippen LogP contribution in [0.1, 0.15) is 32.1 Å². The maximum Gasteiger partial charge on any atom is 0.0700 e. The minimum absolute atomic E-state index is 0.675. The van der Waals surface area contributed by atoms with E-state index in [0.29, 0.717) is 13.2 Å². The first-order chi connectivity index (χ1) is 8.43. The van der Waals surface area contributed by atoms with Gasteiger partial charge in [-0.15, -0.1) is 0 Å². The molecule has 0 amide bonds. The predicted octanol–water partition coefficient (Wildman–Crippen LogP) is 1.59. The van der Waals surface area contributed by atoms with E-state index in [1.807, 2.05) is 0 Å². The Kier molecular flexibility index (Phi) is 9.61. The third-order valence-electron chi connectivity index (χ3n) is 2.73. The first-order valence-corrected chi connectivity index (χ1v) is 6.81. The van der Waals surface area contributed by atoms with E-state index in [2.05, 4.69) is 5.32 Å². The molecule has 0 aromatic rings. The Balaban J connectivity index is 1.61. The van der Waals surface area contributed by atoms with Crippen molar-refractivity contribution in [3.8, 4) is 0 Å². The van der Waals surface area contributed by atoms with Crippen molar-refractivity contribution in [3.63, 3.8) is 0 Å². The molecule has 0 heterocycles. The summed E-state index contributed by atoms with van der Waals surface area (Å²) in [7, 11) is 1.69. The van der Waals surface area contributed by atoms with Crippen molar-refractivity contribution < 1.29 is 14.2 Å². The van der Waals surface area contributed by atoms with Gasteiger partial charge >= 0.3 is 0 Å². The maximum atomic E-state index is 5.52. The lowest BCUT2D eigenvalue weighted by Gasteiger charge is -2.06. The van der Waals surface area contributed by atoms with Gasteiger partial charge in [0.05, 0.1) is 13.2 Å². The average molecular weight is 245 g/mol. The van der Waals surface area contributed by atoms with Crippen molar-refractivity contribution >= 4 is 0 Å². The molecule has 0 aliphatic heterocycles. The first kappa shape index (κ1) is 14.9. The van der Waals surface area contributed by atoms with Crippen molar-refractivity contribution in [1.29, 1.82) is 0 Å². The molecule has 1 fully saturated rings. The minimum atomic E-state index is 0.675. The molecular weight excluding hydrogens is 218 g/mol. The van der Waals surface area contributed by atoms with Gasteiger partial charge in [0.25, 0.3) is 0 Å². The lowest BCUT2D eigenvalue weighted by atomic mass is 10.3. The van der Waals surface area contributed by atoms with Crippen molar-refractivity contribution in [2.75, 3.05) is 46.7 Å². The fourth-order valence-electron chi connectivity index (χ4n) is 1.53. The van der Waals surface area contributed by atoms with E-state index >= 15 is 0 Å². The molecule has 1 rings (SSSR count). The lowest BCUT2D eigenvalue weighted by Crippen LogP contribution is -2.17. The number of methoxy groups -OCH3 is 1. The third kappa shape index (κ3) is 10.7. The predicted molar refractivity (Wildman–Crippen MR) is 68.4 cm³/mol. The van der Waals surface area contributed by atoms with Crippen LogP contribution in [-0.2, 0) is 14.2 Å². The molecule has 1 aliphatic carbocycles. The van der Waals surface area contributed by atoms with Crippen molar-refractivity contribution in [1.82, 2.24) is 5.32 Å². The van der Waals surface area contributed by atoms with Crippen LogP contribution >= 0.6 is 0 Å². The van der Waals surface area contributed by atoms with Crippen molar-refractivity contribution in [2.45, 2.75) is 38.1 Å². The van der Waals surface area contributed by atoms with E-state index in [1.54, 1.807) is 7.11 Å². The SMILES string of the molecule is COCCOCCCOCCCCNC1CC1. The van der Waals surface area contributed by atoms with E-state index in [9.17, 15) is 0 Å². The van der Waals surface area contributed by atoms with E-state index < -0.39 is 0 Å². The first-order valence-electron chi connectivity index (χ1n) is 6.81. The fourth-order valence-corrected chi connectivity index (χ4v) is 1.53. The average Bonchev–Trinajstić information content (AvgIpc) is 3.15. The van der Waals surface area contributed by atoms with Crippen LogP contribution in [-0.4, -0.2) is 52.7 Å². The van der Waals surface area contributed by atoms with Crippen LogP contribution in [0.5, 0.6) is 0 Å². The van der Waals surface area contributed by atoms with Crippen LogP contribution in [0.2, 0.25) is 0 Å². The zero-order valence-corrected chi connectivity index (χ0v) is 11.1. The summed E-state index contributed by atoms with van der Waals surface area (Å²) in [5.74, 6) is 0. The van der Waals surface area contributed by atoms with Crippen LogP contribution in [0.25, 0.3) is 0 Å². The van der Waals surface area contributed by atoms with Crippen LogP contribution in [0.4, 0.5) is 0 Å². The van der Waals surface area contributed by atoms with Gasteiger partial charge in [0.15, 0.2) is 0 Å². The molecule has 1 aliphatic rings. The summed E-state index contributed by atoms with van der Waals surface area (Å²) in [5, 5.41) is 3.50. The highest BCUT2D eigenvalue weighted by atomic mass is 16.5. The second-order valence-corrected chi connectivity index (χ2v) is 4.51. The van der Waals surface area contributed by atoms with Gasteiger partial charge in [-0.05, 0) is 38.6 Å². The van der Waals surface area contributed by atoms with Crippen LogP contribution in [0.15, 0.2) is 0 Å². The number of nitrogens with one attached hydrogen (secondary N) is 1. The van der Waals surface area contributed by atoms with E-state index in [1.165, 1.54) is 19.3 Å². The Morgan fingerprint density at radius 3 is 2.29 bits per heavy atom. The molecule has 0 saturated heterocycles. The summed E-state index contributed by atoms with van der Waals surface area (Å²) >= 11 is 0. The second kappa shape index (κ2) is 11.0. The maximum absolute atomic E-state index is 5.52. The number of hydrogen-bond acceptors (Lipinski definition) is 4. The molecule has 0 bridgehead atoms. The van der Waals surface area contributed by atoms with E-state index in [4.69, 9.17) is 14.2 Å². The molecule has 0 unspecified atom stereocenters. The molecule has 0 spiro atoms. The van der Waals surface area contributed by atoms with Crippen LogP contribution in [0, 0.1) is 0 Å². The Bertz CT molecular complexity index is 163. The smallest absolute Gasteiger partial charge is 0.0700 e. The molecule has 4 heteroatoms. The van der Waals surface area contributed by atoms with Gasteiger partial charge in [-0.25, -0.2) is 0 Å². The fraction of sp³-hybridized carbons (Fsp3) is 1.00. The zero-order chi connectivity index (χ0) is 12.2. The number of rotatable bonds is 13. The van der Waals surface area contributed by atoms with E-state index in [0.717, 1.165) is 45.2 Å². The largest absolute Gasteiger partial charge is 0.382 e. The quantitative estimate of drug-likeness (QED) is 0.500. The summed E-state index contributed by atoms with van der Waals surface area (Å²) in [5.41, 5.74) is 0. The van der Waals surface area contributed by atoms with Gasteiger partial charge in [-0.2, -0.15) is 0 Å². The van der Waals surface area contributed by atoms with Crippen LogP contribution in [0.3, 0.4) is 0 Å². The van der Waals surface area contributed by atoms with Gasteiger partial charge in [0.2, 0.25) is 0 Å². The molecule has 0 aromatic carbocycles.